The number of carbonyl (C=O) groups excluding carboxylic acids is 1. The van der Waals surface area contributed by atoms with E-state index in [-0.39, 0.29) is 0 Å². The van der Waals surface area contributed by atoms with Crippen LogP contribution in [0.4, 0.5) is 0 Å². The maximum atomic E-state index is 12.7. The Bertz CT molecular complexity index is 1230. The summed E-state index contributed by atoms with van der Waals surface area (Å²) in [5.74, 6) is -1.55. The Kier molecular flexibility index (Phi) is 5.76. The molecule has 5 nitrogen and oxygen atoms in total. The highest BCUT2D eigenvalue weighted by Crippen LogP contribution is 2.27. The number of halogens is 1. The molecule has 4 rings (SSSR count). The van der Waals surface area contributed by atoms with Crippen LogP contribution < -0.4 is 5.32 Å². The first-order valence-corrected chi connectivity index (χ1v) is 10.3. The number of nitrogens with one attached hydrogen (secondary N) is 1. The monoisotopic (exact) mass is 508 g/mol. The zero-order valence-electron chi connectivity index (χ0n) is 15.7. The number of nitrogens with zero attached hydrogens (tertiary/aromatic N) is 1. The Morgan fingerprint density at radius 1 is 0.900 bits per heavy atom. The Morgan fingerprint density at radius 3 is 2.37 bits per heavy atom. The zero-order valence-corrected chi connectivity index (χ0v) is 17.9. The second-order valence-corrected chi connectivity index (χ2v) is 7.89. The summed E-state index contributed by atoms with van der Waals surface area (Å²) in [6, 6.07) is 22.9. The van der Waals surface area contributed by atoms with Gasteiger partial charge in [0.1, 0.15) is 0 Å². The van der Waals surface area contributed by atoms with E-state index < -0.39 is 17.9 Å². The Balaban J connectivity index is 1.60. The normalized spacial score (nSPS) is 11.8. The van der Waals surface area contributed by atoms with Gasteiger partial charge in [0.05, 0.1) is 5.52 Å². The molecule has 6 heteroatoms. The van der Waals surface area contributed by atoms with Gasteiger partial charge in [-0.3, -0.25) is 9.78 Å². The molecule has 0 fully saturated rings. The predicted molar refractivity (Wildman–Crippen MR) is 124 cm³/mol. The second-order valence-electron chi connectivity index (χ2n) is 6.72. The van der Waals surface area contributed by atoms with E-state index in [9.17, 15) is 14.7 Å². The number of hydrogen-bond donors (Lipinski definition) is 2. The summed E-state index contributed by atoms with van der Waals surface area (Å²) >= 11 is 2.07. The molecule has 1 unspecified atom stereocenters. The fourth-order valence-electron chi connectivity index (χ4n) is 3.33. The van der Waals surface area contributed by atoms with Crippen LogP contribution in [0.25, 0.3) is 22.0 Å². The summed E-state index contributed by atoms with van der Waals surface area (Å²) in [7, 11) is 0. The van der Waals surface area contributed by atoms with Crippen LogP contribution in [0, 0.1) is 3.57 Å². The van der Waals surface area contributed by atoms with Gasteiger partial charge in [0, 0.05) is 26.3 Å². The van der Waals surface area contributed by atoms with Crippen molar-refractivity contribution >= 4 is 45.4 Å². The molecular weight excluding hydrogens is 491 g/mol. The molecule has 1 aromatic heterocycles. The number of carboxylic acid groups (broad SMARTS) is 1. The third-order valence-electron chi connectivity index (χ3n) is 4.83. The van der Waals surface area contributed by atoms with Crippen LogP contribution in [0.15, 0.2) is 85.1 Å². The van der Waals surface area contributed by atoms with Crippen LogP contribution >= 0.6 is 22.6 Å². The molecule has 0 aliphatic rings. The molecule has 1 atom stereocenters. The molecule has 30 heavy (non-hydrogen) atoms. The molecule has 0 aliphatic carbocycles. The minimum absolute atomic E-state index is 0.393. The quantitative estimate of drug-likeness (QED) is 0.370. The first-order chi connectivity index (χ1) is 14.5. The molecule has 0 aliphatic heterocycles. The summed E-state index contributed by atoms with van der Waals surface area (Å²) in [5.41, 5.74) is 3.74. The Labute approximate surface area is 186 Å². The van der Waals surface area contributed by atoms with Crippen molar-refractivity contribution in [2.75, 3.05) is 0 Å². The summed E-state index contributed by atoms with van der Waals surface area (Å²) < 4.78 is 0.779. The van der Waals surface area contributed by atoms with Gasteiger partial charge in [0.25, 0.3) is 5.91 Å². The van der Waals surface area contributed by atoms with Crippen molar-refractivity contribution in [2.45, 2.75) is 6.04 Å². The molecule has 3 aromatic carbocycles. The van der Waals surface area contributed by atoms with Crippen molar-refractivity contribution in [3.8, 4) is 11.1 Å². The van der Waals surface area contributed by atoms with E-state index in [1.165, 1.54) is 0 Å². The van der Waals surface area contributed by atoms with Gasteiger partial charge in [0.15, 0.2) is 6.04 Å². The second kappa shape index (κ2) is 8.62. The third-order valence-corrected chi connectivity index (χ3v) is 5.81. The van der Waals surface area contributed by atoms with E-state index in [1.54, 1.807) is 30.5 Å². The maximum Gasteiger partial charge on any atom is 0.330 e. The molecule has 0 spiro atoms. The van der Waals surface area contributed by atoms with Gasteiger partial charge in [-0.25, -0.2) is 4.79 Å². The predicted octanol–water partition coefficient (Wildman–Crippen LogP) is 5.06. The molecule has 0 radical (unpaired) electrons. The molecule has 0 saturated carbocycles. The van der Waals surface area contributed by atoms with Crippen LogP contribution in [0.5, 0.6) is 0 Å². The average Bonchev–Trinajstić information content (AvgIpc) is 2.77. The topological polar surface area (TPSA) is 79.3 Å². The molecule has 0 bridgehead atoms. The lowest BCUT2D eigenvalue weighted by Crippen LogP contribution is -2.34. The smallest absolute Gasteiger partial charge is 0.330 e. The van der Waals surface area contributed by atoms with Crippen LogP contribution in [0.3, 0.4) is 0 Å². The van der Waals surface area contributed by atoms with E-state index in [2.05, 4.69) is 32.9 Å². The first-order valence-electron chi connectivity index (χ1n) is 9.27. The molecule has 0 saturated heterocycles. The Hall–Kier alpha value is -3.26. The highest BCUT2D eigenvalue weighted by molar-refractivity contribution is 14.1. The number of aromatic nitrogens is 1. The van der Waals surface area contributed by atoms with E-state index in [0.29, 0.717) is 11.1 Å². The minimum atomic E-state index is -1.12. The van der Waals surface area contributed by atoms with Gasteiger partial charge in [0.2, 0.25) is 0 Å². The van der Waals surface area contributed by atoms with Gasteiger partial charge < -0.3 is 10.4 Å². The fourth-order valence-corrected chi connectivity index (χ4v) is 4.03. The zero-order chi connectivity index (χ0) is 21.1. The van der Waals surface area contributed by atoms with Crippen molar-refractivity contribution in [1.82, 2.24) is 10.3 Å². The lowest BCUT2D eigenvalue weighted by molar-refractivity contribution is -0.139. The third kappa shape index (κ3) is 4.04. The molecule has 1 heterocycles. The van der Waals surface area contributed by atoms with Crippen molar-refractivity contribution in [1.29, 1.82) is 0 Å². The lowest BCUT2D eigenvalue weighted by atomic mass is 10.0. The average molecular weight is 508 g/mol. The van der Waals surface area contributed by atoms with E-state index in [4.69, 9.17) is 0 Å². The van der Waals surface area contributed by atoms with E-state index in [0.717, 1.165) is 25.6 Å². The molecular formula is C24H17IN2O3. The Morgan fingerprint density at radius 2 is 1.63 bits per heavy atom. The van der Waals surface area contributed by atoms with Gasteiger partial charge in [-0.2, -0.15) is 0 Å². The van der Waals surface area contributed by atoms with Crippen molar-refractivity contribution in [2.24, 2.45) is 0 Å². The number of para-hydroxylation sites is 1. The van der Waals surface area contributed by atoms with Gasteiger partial charge in [-0.15, -0.1) is 0 Å². The largest absolute Gasteiger partial charge is 0.479 e. The van der Waals surface area contributed by atoms with Crippen molar-refractivity contribution < 1.29 is 14.7 Å². The summed E-state index contributed by atoms with van der Waals surface area (Å²) in [6.45, 7) is 0. The highest BCUT2D eigenvalue weighted by Gasteiger charge is 2.24. The molecule has 148 valence electrons. The number of hydrogen-bond acceptors (Lipinski definition) is 3. The van der Waals surface area contributed by atoms with Crippen molar-refractivity contribution in [3.05, 3.63) is 99.8 Å². The standard InChI is InChI=1S/C24H17IN2O3/c25-20-9-2-1-7-19(20)22(24(29)30)27-23(28)17-12-10-15(11-13-17)18-8-3-5-16-6-4-14-26-21(16)18/h1-14,22H,(H,27,28)(H,29,30). The van der Waals surface area contributed by atoms with Crippen molar-refractivity contribution in [3.63, 3.8) is 0 Å². The number of carbonyl (C=O) groups is 2. The number of rotatable bonds is 5. The summed E-state index contributed by atoms with van der Waals surface area (Å²) in [6.07, 6.45) is 1.75. The lowest BCUT2D eigenvalue weighted by Gasteiger charge is -2.16. The number of pyridine rings is 1. The SMILES string of the molecule is O=C(NC(C(=O)O)c1ccccc1I)c1ccc(-c2cccc3cccnc23)cc1. The molecule has 1 amide bonds. The van der Waals surface area contributed by atoms with Gasteiger partial charge >= 0.3 is 5.97 Å². The summed E-state index contributed by atoms with van der Waals surface area (Å²) in [5, 5.41) is 13.3. The summed E-state index contributed by atoms with van der Waals surface area (Å²) in [4.78, 5) is 28.9. The fraction of sp³-hybridized carbons (Fsp3) is 0.0417. The van der Waals surface area contributed by atoms with Crippen LogP contribution in [-0.4, -0.2) is 22.0 Å². The number of carboxylic acids is 1. The van der Waals surface area contributed by atoms with Gasteiger partial charge in [-0.05, 0) is 58.0 Å². The number of benzene rings is 3. The van der Waals surface area contributed by atoms with E-state index in [1.807, 2.05) is 54.6 Å². The minimum Gasteiger partial charge on any atom is -0.479 e. The number of amides is 1. The van der Waals surface area contributed by atoms with E-state index >= 15 is 0 Å². The van der Waals surface area contributed by atoms with Crippen LogP contribution in [-0.2, 0) is 4.79 Å². The highest BCUT2D eigenvalue weighted by atomic mass is 127. The number of aliphatic carboxylic acids is 1. The van der Waals surface area contributed by atoms with Gasteiger partial charge in [-0.1, -0.05) is 54.6 Å². The molecule has 4 aromatic rings. The van der Waals surface area contributed by atoms with Crippen LogP contribution in [0.2, 0.25) is 0 Å². The first kappa shape index (κ1) is 20.0. The molecule has 2 N–H and O–H groups in total. The maximum absolute atomic E-state index is 12.7. The van der Waals surface area contributed by atoms with Crippen LogP contribution in [0.1, 0.15) is 22.0 Å². The number of fused-ring (bicyclic) bond motifs is 1.